The molecule has 0 aliphatic carbocycles. The number of aryl methyl sites for hydroxylation is 1. The highest BCUT2D eigenvalue weighted by Gasteiger charge is 2.07. The van der Waals surface area contributed by atoms with Gasteiger partial charge in [0, 0.05) is 11.4 Å². The van der Waals surface area contributed by atoms with Crippen molar-refractivity contribution in [3.63, 3.8) is 0 Å². The zero-order valence-corrected chi connectivity index (χ0v) is 7.89. The predicted molar refractivity (Wildman–Crippen MR) is 54.1 cm³/mol. The summed E-state index contributed by atoms with van der Waals surface area (Å²) in [6, 6.07) is 3.79. The SMILES string of the molecule is Cc1cc(N)cc(N)c1C(C)C. The number of nitrogen functional groups attached to an aromatic ring is 2. The Hall–Kier alpha value is -1.18. The summed E-state index contributed by atoms with van der Waals surface area (Å²) in [5.41, 5.74) is 15.4. The molecule has 0 radical (unpaired) electrons. The summed E-state index contributed by atoms with van der Waals surface area (Å²) in [6.07, 6.45) is 0. The highest BCUT2D eigenvalue weighted by Crippen LogP contribution is 2.27. The Bertz CT molecular complexity index is 267. The minimum atomic E-state index is 0.464. The standard InChI is InChI=1S/C10H16N2/c1-6(2)10-7(3)4-8(11)5-9(10)12/h4-6H,11-12H2,1-3H3. The first-order chi connectivity index (χ1) is 5.52. The van der Waals surface area contributed by atoms with Crippen LogP contribution in [-0.2, 0) is 0 Å². The molecule has 1 aromatic carbocycles. The molecule has 0 spiro atoms. The summed E-state index contributed by atoms with van der Waals surface area (Å²) in [6.45, 7) is 6.31. The monoisotopic (exact) mass is 164 g/mol. The van der Waals surface area contributed by atoms with Crippen LogP contribution in [0.4, 0.5) is 11.4 Å². The number of hydrogen-bond donors (Lipinski definition) is 2. The van der Waals surface area contributed by atoms with Crippen molar-refractivity contribution < 1.29 is 0 Å². The van der Waals surface area contributed by atoms with Crippen LogP contribution in [0.2, 0.25) is 0 Å². The van der Waals surface area contributed by atoms with Crippen LogP contribution >= 0.6 is 0 Å². The molecular weight excluding hydrogens is 148 g/mol. The van der Waals surface area contributed by atoms with Gasteiger partial charge in [0.1, 0.15) is 0 Å². The van der Waals surface area contributed by atoms with E-state index in [1.165, 1.54) is 11.1 Å². The topological polar surface area (TPSA) is 52.0 Å². The third-order valence-corrected chi connectivity index (χ3v) is 2.02. The van der Waals surface area contributed by atoms with E-state index in [2.05, 4.69) is 13.8 Å². The Balaban J connectivity index is 3.28. The zero-order valence-electron chi connectivity index (χ0n) is 7.89. The Morgan fingerprint density at radius 3 is 2.17 bits per heavy atom. The Morgan fingerprint density at radius 2 is 1.75 bits per heavy atom. The van der Waals surface area contributed by atoms with Crippen molar-refractivity contribution >= 4 is 11.4 Å². The quantitative estimate of drug-likeness (QED) is 0.626. The molecule has 0 heterocycles. The fraction of sp³-hybridized carbons (Fsp3) is 0.400. The predicted octanol–water partition coefficient (Wildman–Crippen LogP) is 2.28. The highest BCUT2D eigenvalue weighted by atomic mass is 14.6. The molecule has 1 aromatic rings. The number of hydrogen-bond acceptors (Lipinski definition) is 2. The average molecular weight is 164 g/mol. The van der Waals surface area contributed by atoms with Gasteiger partial charge in [0.25, 0.3) is 0 Å². The van der Waals surface area contributed by atoms with Crippen molar-refractivity contribution in [3.05, 3.63) is 23.3 Å². The van der Waals surface area contributed by atoms with E-state index in [9.17, 15) is 0 Å². The molecule has 0 saturated heterocycles. The molecule has 1 rings (SSSR count). The first kappa shape index (κ1) is 8.91. The lowest BCUT2D eigenvalue weighted by molar-refractivity contribution is 0.860. The van der Waals surface area contributed by atoms with Crippen LogP contribution in [0, 0.1) is 6.92 Å². The fourth-order valence-electron chi connectivity index (χ4n) is 1.64. The van der Waals surface area contributed by atoms with E-state index in [4.69, 9.17) is 11.5 Å². The van der Waals surface area contributed by atoms with Gasteiger partial charge in [-0.3, -0.25) is 0 Å². The molecule has 0 aliphatic rings. The maximum Gasteiger partial charge on any atom is 0.0372 e. The average Bonchev–Trinajstić information content (AvgIpc) is 1.82. The molecule has 2 heteroatoms. The number of rotatable bonds is 1. The van der Waals surface area contributed by atoms with Gasteiger partial charge in [0.05, 0.1) is 0 Å². The van der Waals surface area contributed by atoms with Crippen molar-refractivity contribution in [2.24, 2.45) is 0 Å². The zero-order chi connectivity index (χ0) is 9.30. The lowest BCUT2D eigenvalue weighted by Gasteiger charge is -2.13. The molecule has 0 fully saturated rings. The van der Waals surface area contributed by atoms with Gasteiger partial charge in [0.15, 0.2) is 0 Å². The van der Waals surface area contributed by atoms with Crippen molar-refractivity contribution in [3.8, 4) is 0 Å². The number of nitrogens with two attached hydrogens (primary N) is 2. The molecule has 0 aliphatic heterocycles. The molecule has 12 heavy (non-hydrogen) atoms. The molecule has 2 nitrogen and oxygen atoms in total. The van der Waals surface area contributed by atoms with Crippen molar-refractivity contribution in [1.29, 1.82) is 0 Å². The van der Waals surface area contributed by atoms with Gasteiger partial charge < -0.3 is 11.5 Å². The van der Waals surface area contributed by atoms with Crippen LogP contribution in [-0.4, -0.2) is 0 Å². The van der Waals surface area contributed by atoms with E-state index < -0.39 is 0 Å². The molecule has 0 aromatic heterocycles. The summed E-state index contributed by atoms with van der Waals surface area (Å²) >= 11 is 0. The van der Waals surface area contributed by atoms with Gasteiger partial charge >= 0.3 is 0 Å². The van der Waals surface area contributed by atoms with E-state index in [-0.39, 0.29) is 0 Å². The van der Waals surface area contributed by atoms with E-state index >= 15 is 0 Å². The van der Waals surface area contributed by atoms with E-state index in [1.807, 2.05) is 19.1 Å². The molecule has 0 unspecified atom stereocenters. The van der Waals surface area contributed by atoms with Gasteiger partial charge in [-0.25, -0.2) is 0 Å². The molecule has 66 valence electrons. The Kier molecular flexibility index (Phi) is 2.27. The third kappa shape index (κ3) is 1.52. The summed E-state index contributed by atoms with van der Waals surface area (Å²) in [5, 5.41) is 0. The third-order valence-electron chi connectivity index (χ3n) is 2.02. The molecule has 0 atom stereocenters. The second-order valence-electron chi connectivity index (χ2n) is 3.50. The van der Waals surface area contributed by atoms with Crippen molar-refractivity contribution in [2.75, 3.05) is 11.5 Å². The molecule has 0 amide bonds. The summed E-state index contributed by atoms with van der Waals surface area (Å²) in [5.74, 6) is 0.464. The van der Waals surface area contributed by atoms with Crippen LogP contribution in [0.25, 0.3) is 0 Å². The van der Waals surface area contributed by atoms with Gasteiger partial charge in [-0.2, -0.15) is 0 Å². The summed E-state index contributed by atoms with van der Waals surface area (Å²) < 4.78 is 0. The van der Waals surface area contributed by atoms with Crippen LogP contribution < -0.4 is 11.5 Å². The Morgan fingerprint density at radius 1 is 1.17 bits per heavy atom. The normalized spacial score (nSPS) is 10.7. The Labute approximate surface area is 73.6 Å². The molecule has 0 saturated carbocycles. The van der Waals surface area contributed by atoms with Crippen LogP contribution in [0.1, 0.15) is 30.9 Å². The minimum absolute atomic E-state index is 0.464. The van der Waals surface area contributed by atoms with Gasteiger partial charge in [0.2, 0.25) is 0 Å². The lowest BCUT2D eigenvalue weighted by atomic mass is 9.96. The minimum Gasteiger partial charge on any atom is -0.399 e. The smallest absolute Gasteiger partial charge is 0.0372 e. The molecular formula is C10H16N2. The maximum atomic E-state index is 5.84. The van der Waals surface area contributed by atoms with Gasteiger partial charge in [-0.15, -0.1) is 0 Å². The number of benzene rings is 1. The first-order valence-electron chi connectivity index (χ1n) is 4.18. The van der Waals surface area contributed by atoms with Crippen LogP contribution in [0.15, 0.2) is 12.1 Å². The highest BCUT2D eigenvalue weighted by molar-refractivity contribution is 5.61. The summed E-state index contributed by atoms with van der Waals surface area (Å²) in [7, 11) is 0. The largest absolute Gasteiger partial charge is 0.399 e. The van der Waals surface area contributed by atoms with E-state index in [0.29, 0.717) is 5.92 Å². The van der Waals surface area contributed by atoms with Crippen molar-refractivity contribution in [1.82, 2.24) is 0 Å². The summed E-state index contributed by atoms with van der Waals surface area (Å²) in [4.78, 5) is 0. The number of anilines is 2. The van der Waals surface area contributed by atoms with E-state index in [1.54, 1.807) is 0 Å². The van der Waals surface area contributed by atoms with Gasteiger partial charge in [-0.05, 0) is 36.1 Å². The second kappa shape index (κ2) is 3.05. The molecule has 4 N–H and O–H groups in total. The second-order valence-corrected chi connectivity index (χ2v) is 3.50. The lowest BCUT2D eigenvalue weighted by Crippen LogP contribution is -2.01. The maximum absolute atomic E-state index is 5.84. The van der Waals surface area contributed by atoms with E-state index in [0.717, 1.165) is 11.4 Å². The first-order valence-corrected chi connectivity index (χ1v) is 4.18. The van der Waals surface area contributed by atoms with Crippen molar-refractivity contribution in [2.45, 2.75) is 26.7 Å². The van der Waals surface area contributed by atoms with Gasteiger partial charge in [-0.1, -0.05) is 13.8 Å². The fourth-order valence-corrected chi connectivity index (χ4v) is 1.64. The van der Waals surface area contributed by atoms with Crippen LogP contribution in [0.3, 0.4) is 0 Å². The van der Waals surface area contributed by atoms with Crippen LogP contribution in [0.5, 0.6) is 0 Å². The molecule has 0 bridgehead atoms.